The van der Waals surface area contributed by atoms with E-state index in [0.717, 1.165) is 76.0 Å². The largest absolute Gasteiger partial charge is 0.375 e. The van der Waals surface area contributed by atoms with Gasteiger partial charge >= 0.3 is 0 Å². The van der Waals surface area contributed by atoms with E-state index < -0.39 is 0 Å². The van der Waals surface area contributed by atoms with Crippen LogP contribution in [0.25, 0.3) is 11.0 Å². The lowest BCUT2D eigenvalue weighted by Gasteiger charge is -2.37. The van der Waals surface area contributed by atoms with Crippen LogP contribution in [0.3, 0.4) is 0 Å². The number of hydrogen-bond donors (Lipinski definition) is 1. The molecule has 4 rings (SSSR count). The number of ether oxygens (including phenoxy) is 2. The number of guanidine groups is 1. The molecule has 3 heterocycles. The second-order valence-corrected chi connectivity index (χ2v) is 7.53. The molecule has 0 radical (unpaired) electrons. The van der Waals surface area contributed by atoms with E-state index in [1.807, 2.05) is 13.1 Å². The van der Waals surface area contributed by atoms with Crippen LogP contribution in [0.4, 0.5) is 0 Å². The average Bonchev–Trinajstić information content (AvgIpc) is 3.36. The highest BCUT2D eigenvalue weighted by molar-refractivity contribution is 14.0. The predicted molar refractivity (Wildman–Crippen MR) is 126 cm³/mol. The summed E-state index contributed by atoms with van der Waals surface area (Å²) in [7, 11) is 1.85. The maximum Gasteiger partial charge on any atom is 0.193 e. The van der Waals surface area contributed by atoms with Crippen molar-refractivity contribution in [2.45, 2.75) is 44.9 Å². The van der Waals surface area contributed by atoms with Crippen molar-refractivity contribution in [1.29, 1.82) is 0 Å². The zero-order valence-corrected chi connectivity index (χ0v) is 19.7. The molecule has 7 nitrogen and oxygen atoms in total. The van der Waals surface area contributed by atoms with E-state index in [1.54, 1.807) is 0 Å². The maximum atomic E-state index is 5.96. The highest BCUT2D eigenvalue weighted by Gasteiger charge is 2.32. The molecule has 1 aromatic carbocycles. The molecule has 2 fully saturated rings. The number of nitrogens with zero attached hydrogens (tertiary/aromatic N) is 4. The van der Waals surface area contributed by atoms with Gasteiger partial charge in [-0.05, 0) is 38.3 Å². The summed E-state index contributed by atoms with van der Waals surface area (Å²) in [5, 5.41) is 3.53. The first-order valence-corrected chi connectivity index (χ1v) is 10.4. The van der Waals surface area contributed by atoms with Crippen molar-refractivity contribution in [2.75, 3.05) is 39.9 Å². The van der Waals surface area contributed by atoms with Crippen molar-refractivity contribution in [2.24, 2.45) is 4.99 Å². The van der Waals surface area contributed by atoms with Gasteiger partial charge in [0.25, 0.3) is 0 Å². The molecule has 2 aromatic rings. The quantitative estimate of drug-likeness (QED) is 0.289. The Morgan fingerprint density at radius 2 is 2.07 bits per heavy atom. The first-order chi connectivity index (χ1) is 13.8. The van der Waals surface area contributed by atoms with Crippen molar-refractivity contribution in [3.63, 3.8) is 0 Å². The summed E-state index contributed by atoms with van der Waals surface area (Å²) in [5.74, 6) is 2.02. The summed E-state index contributed by atoms with van der Waals surface area (Å²) in [6.45, 7) is 7.19. The Hall–Kier alpha value is -1.39. The van der Waals surface area contributed by atoms with Crippen LogP contribution < -0.4 is 5.32 Å². The fourth-order valence-electron chi connectivity index (χ4n) is 4.24. The SMILES string of the molecule is CN=C(NCCCn1c(C)nc2ccccc21)N1CCOC(C2CCCO2)C1.I. The molecule has 0 bridgehead atoms. The first-order valence-electron chi connectivity index (χ1n) is 10.4. The van der Waals surface area contributed by atoms with Crippen LogP contribution in [0, 0.1) is 6.92 Å². The Kier molecular flexibility index (Phi) is 8.14. The number of halogens is 1. The second-order valence-electron chi connectivity index (χ2n) is 7.53. The maximum absolute atomic E-state index is 5.96. The average molecular weight is 513 g/mol. The van der Waals surface area contributed by atoms with Gasteiger partial charge < -0.3 is 24.3 Å². The number of fused-ring (bicyclic) bond motifs is 1. The van der Waals surface area contributed by atoms with Crippen LogP contribution >= 0.6 is 24.0 Å². The van der Waals surface area contributed by atoms with Crippen LogP contribution in [0.2, 0.25) is 0 Å². The van der Waals surface area contributed by atoms with Gasteiger partial charge in [-0.1, -0.05) is 12.1 Å². The first kappa shape index (κ1) is 22.3. The minimum Gasteiger partial charge on any atom is -0.375 e. The van der Waals surface area contributed by atoms with Gasteiger partial charge in [-0.15, -0.1) is 24.0 Å². The smallest absolute Gasteiger partial charge is 0.193 e. The topological polar surface area (TPSA) is 63.9 Å². The Balaban J connectivity index is 0.00000240. The lowest BCUT2D eigenvalue weighted by atomic mass is 10.1. The molecule has 2 saturated heterocycles. The molecule has 2 atom stereocenters. The number of aliphatic imine (C=N–C) groups is 1. The minimum absolute atomic E-state index is 0. The van der Waals surface area contributed by atoms with Gasteiger partial charge in [0.05, 0.1) is 23.7 Å². The van der Waals surface area contributed by atoms with E-state index >= 15 is 0 Å². The second kappa shape index (κ2) is 10.6. The van der Waals surface area contributed by atoms with Crippen molar-refractivity contribution in [3.8, 4) is 0 Å². The number of morpholine rings is 1. The summed E-state index contributed by atoms with van der Waals surface area (Å²) in [6, 6.07) is 8.32. The van der Waals surface area contributed by atoms with Crippen LogP contribution in [-0.4, -0.2) is 72.5 Å². The molecular weight excluding hydrogens is 481 g/mol. The zero-order chi connectivity index (χ0) is 19.3. The van der Waals surface area contributed by atoms with Crippen molar-refractivity contribution in [3.05, 3.63) is 30.1 Å². The summed E-state index contributed by atoms with van der Waals surface area (Å²) >= 11 is 0. The van der Waals surface area contributed by atoms with Gasteiger partial charge in [0.2, 0.25) is 0 Å². The molecule has 0 aliphatic carbocycles. The lowest BCUT2D eigenvalue weighted by molar-refractivity contribution is -0.0816. The molecule has 160 valence electrons. The molecule has 8 heteroatoms. The summed E-state index contributed by atoms with van der Waals surface area (Å²) in [5.41, 5.74) is 2.27. The fraction of sp³-hybridized carbons (Fsp3) is 0.619. The molecule has 0 spiro atoms. The minimum atomic E-state index is 0. The predicted octanol–water partition coefficient (Wildman–Crippen LogP) is 2.81. The summed E-state index contributed by atoms with van der Waals surface area (Å²) in [6.07, 6.45) is 3.63. The number of imidazole rings is 1. The molecule has 1 aromatic heterocycles. The molecule has 2 unspecified atom stereocenters. The Morgan fingerprint density at radius 3 is 2.86 bits per heavy atom. The monoisotopic (exact) mass is 513 g/mol. The summed E-state index contributed by atoms with van der Waals surface area (Å²) < 4.78 is 14.1. The Labute approximate surface area is 189 Å². The molecular formula is C21H32IN5O2. The number of benzene rings is 1. The highest BCUT2D eigenvalue weighted by atomic mass is 127. The van der Waals surface area contributed by atoms with Crippen LogP contribution in [0.5, 0.6) is 0 Å². The van der Waals surface area contributed by atoms with E-state index in [-0.39, 0.29) is 36.2 Å². The third-order valence-corrected chi connectivity index (χ3v) is 5.67. The van der Waals surface area contributed by atoms with Crippen molar-refractivity contribution >= 4 is 41.0 Å². The molecule has 0 amide bonds. The van der Waals surface area contributed by atoms with Crippen molar-refractivity contribution in [1.82, 2.24) is 19.8 Å². The van der Waals surface area contributed by atoms with Gasteiger partial charge in [-0.3, -0.25) is 4.99 Å². The lowest BCUT2D eigenvalue weighted by Crippen LogP contribution is -2.53. The fourth-order valence-corrected chi connectivity index (χ4v) is 4.24. The highest BCUT2D eigenvalue weighted by Crippen LogP contribution is 2.21. The van der Waals surface area contributed by atoms with E-state index in [1.165, 1.54) is 5.52 Å². The number of aryl methyl sites for hydroxylation is 2. The van der Waals surface area contributed by atoms with Crippen molar-refractivity contribution < 1.29 is 9.47 Å². The number of nitrogens with one attached hydrogen (secondary N) is 1. The Bertz CT molecular complexity index is 819. The van der Waals surface area contributed by atoms with E-state index in [0.29, 0.717) is 0 Å². The number of para-hydroxylation sites is 2. The Morgan fingerprint density at radius 1 is 1.24 bits per heavy atom. The van der Waals surface area contributed by atoms with E-state index in [4.69, 9.17) is 9.47 Å². The van der Waals surface area contributed by atoms with Gasteiger partial charge in [-0.2, -0.15) is 0 Å². The third kappa shape index (κ3) is 5.21. The molecule has 1 N–H and O–H groups in total. The van der Waals surface area contributed by atoms with Gasteiger partial charge in [0.15, 0.2) is 5.96 Å². The molecule has 0 saturated carbocycles. The van der Waals surface area contributed by atoms with Gasteiger partial charge in [0, 0.05) is 39.8 Å². The van der Waals surface area contributed by atoms with E-state index in [9.17, 15) is 0 Å². The number of rotatable bonds is 5. The molecule has 29 heavy (non-hydrogen) atoms. The third-order valence-electron chi connectivity index (χ3n) is 5.67. The van der Waals surface area contributed by atoms with Gasteiger partial charge in [0.1, 0.15) is 11.9 Å². The normalized spacial score (nSPS) is 22.7. The summed E-state index contributed by atoms with van der Waals surface area (Å²) in [4.78, 5) is 11.4. The molecule has 2 aliphatic heterocycles. The van der Waals surface area contributed by atoms with Gasteiger partial charge in [-0.25, -0.2) is 4.98 Å². The zero-order valence-electron chi connectivity index (χ0n) is 17.3. The number of aromatic nitrogens is 2. The van der Waals surface area contributed by atoms with E-state index in [2.05, 4.69) is 49.9 Å². The molecule has 2 aliphatic rings. The van der Waals surface area contributed by atoms with Crippen LogP contribution in [0.15, 0.2) is 29.3 Å². The van der Waals surface area contributed by atoms with Crippen LogP contribution in [-0.2, 0) is 16.0 Å². The standard InChI is InChI=1S/C21H31N5O2.HI/c1-16-24-17-7-3-4-8-18(17)26(16)11-6-10-23-21(22-2)25-12-14-28-20(15-25)19-9-5-13-27-19;/h3-4,7-8,19-20H,5-6,9-15H2,1-2H3,(H,22,23);1H. The van der Waals surface area contributed by atoms with Crippen LogP contribution in [0.1, 0.15) is 25.1 Å². The number of hydrogen-bond acceptors (Lipinski definition) is 4.